The smallest absolute Gasteiger partial charge is 0.354 e. The van der Waals surface area contributed by atoms with Crippen LogP contribution < -0.4 is 0 Å². The Kier molecular flexibility index (Phi) is 4.20. The summed E-state index contributed by atoms with van der Waals surface area (Å²) in [6, 6.07) is 12.1. The van der Waals surface area contributed by atoms with E-state index < -0.39 is 0 Å². The Morgan fingerprint density at radius 2 is 2.14 bits per heavy atom. The van der Waals surface area contributed by atoms with E-state index in [4.69, 9.17) is 4.74 Å². The van der Waals surface area contributed by atoms with E-state index in [1.807, 2.05) is 29.8 Å². The second-order valence-electron chi connectivity index (χ2n) is 4.86. The summed E-state index contributed by atoms with van der Waals surface area (Å²) in [6.45, 7) is 2.15. The summed E-state index contributed by atoms with van der Waals surface area (Å²) < 4.78 is 6.98. The van der Waals surface area contributed by atoms with Crippen molar-refractivity contribution in [1.29, 1.82) is 0 Å². The van der Waals surface area contributed by atoms with Gasteiger partial charge >= 0.3 is 5.97 Å². The van der Waals surface area contributed by atoms with Gasteiger partial charge in [0.05, 0.1) is 12.1 Å². The molecule has 0 aliphatic rings. The van der Waals surface area contributed by atoms with Crippen LogP contribution in [0.3, 0.4) is 0 Å². The lowest BCUT2D eigenvalue weighted by atomic mass is 10.2. The highest BCUT2D eigenvalue weighted by atomic mass is 32.2. The predicted molar refractivity (Wildman–Crippen MR) is 87.0 cm³/mol. The number of benzene rings is 1. The Hall–Kier alpha value is -2.21. The molecule has 0 fully saturated rings. The molecule has 2 aromatic heterocycles. The number of carbonyl (C=O) groups excluding carboxylic acids is 1. The van der Waals surface area contributed by atoms with E-state index in [1.54, 1.807) is 24.8 Å². The van der Waals surface area contributed by atoms with E-state index in [1.165, 1.54) is 5.56 Å². The number of aromatic nitrogens is 3. The van der Waals surface area contributed by atoms with Crippen LogP contribution in [0.25, 0.3) is 11.2 Å². The average Bonchev–Trinajstić information content (AvgIpc) is 3.07. The van der Waals surface area contributed by atoms with Crippen LogP contribution in [0.4, 0.5) is 0 Å². The maximum absolute atomic E-state index is 11.7. The van der Waals surface area contributed by atoms with Crippen LogP contribution >= 0.6 is 11.8 Å². The SMILES string of the molecule is CCOC(=O)c1cc2c(nc(SCc3ccccc3)n2C)[nH]1. The average molecular weight is 315 g/mol. The fraction of sp³-hybridized carbons (Fsp3) is 0.250. The highest BCUT2D eigenvalue weighted by Gasteiger charge is 2.16. The third-order valence-corrected chi connectivity index (χ3v) is 4.44. The first kappa shape index (κ1) is 14.7. The van der Waals surface area contributed by atoms with E-state index in [0.29, 0.717) is 17.9 Å². The van der Waals surface area contributed by atoms with E-state index in [2.05, 4.69) is 22.1 Å². The minimum atomic E-state index is -0.348. The van der Waals surface area contributed by atoms with Gasteiger partial charge in [0.2, 0.25) is 0 Å². The number of H-pyrrole nitrogens is 1. The number of esters is 1. The summed E-state index contributed by atoms with van der Waals surface area (Å²) in [6.07, 6.45) is 0. The molecule has 0 unspecified atom stereocenters. The number of carbonyl (C=O) groups is 1. The largest absolute Gasteiger partial charge is 0.461 e. The number of aryl methyl sites for hydroxylation is 1. The van der Waals surface area contributed by atoms with Gasteiger partial charge in [0.15, 0.2) is 10.8 Å². The standard InChI is InChI=1S/C16H17N3O2S/c1-3-21-15(20)12-9-13-14(17-12)18-16(19(13)2)22-10-11-7-5-4-6-8-11/h4-9,17H,3,10H2,1-2H3. The number of imidazole rings is 1. The zero-order valence-electron chi connectivity index (χ0n) is 12.5. The third kappa shape index (κ3) is 2.87. The first-order valence-electron chi connectivity index (χ1n) is 7.08. The number of nitrogens with one attached hydrogen (secondary N) is 1. The molecule has 22 heavy (non-hydrogen) atoms. The maximum Gasteiger partial charge on any atom is 0.354 e. The van der Waals surface area contributed by atoms with Crippen molar-refractivity contribution in [1.82, 2.24) is 14.5 Å². The van der Waals surface area contributed by atoms with Gasteiger partial charge in [0, 0.05) is 12.8 Å². The summed E-state index contributed by atoms with van der Waals surface area (Å²) in [7, 11) is 1.95. The molecule has 0 bridgehead atoms. The topological polar surface area (TPSA) is 59.9 Å². The van der Waals surface area contributed by atoms with Crippen LogP contribution in [0.1, 0.15) is 23.0 Å². The minimum Gasteiger partial charge on any atom is -0.461 e. The van der Waals surface area contributed by atoms with Gasteiger partial charge in [-0.2, -0.15) is 0 Å². The van der Waals surface area contributed by atoms with Gasteiger partial charge in [-0.25, -0.2) is 9.78 Å². The molecule has 114 valence electrons. The van der Waals surface area contributed by atoms with Crippen molar-refractivity contribution in [3.63, 3.8) is 0 Å². The molecule has 0 aliphatic heterocycles. The second-order valence-corrected chi connectivity index (χ2v) is 5.81. The van der Waals surface area contributed by atoms with Gasteiger partial charge in [-0.1, -0.05) is 42.1 Å². The van der Waals surface area contributed by atoms with Crippen molar-refractivity contribution in [2.24, 2.45) is 7.05 Å². The summed E-state index contributed by atoms with van der Waals surface area (Å²) in [5, 5.41) is 0.917. The third-order valence-electron chi connectivity index (χ3n) is 3.34. The molecule has 1 aromatic carbocycles. The first-order chi connectivity index (χ1) is 10.7. The maximum atomic E-state index is 11.7. The number of hydrogen-bond donors (Lipinski definition) is 1. The lowest BCUT2D eigenvalue weighted by molar-refractivity contribution is 0.0520. The Labute approximate surface area is 132 Å². The number of hydrogen-bond acceptors (Lipinski definition) is 4. The number of ether oxygens (including phenoxy) is 1. The van der Waals surface area contributed by atoms with Crippen LogP contribution in [0.2, 0.25) is 0 Å². The molecule has 1 N–H and O–H groups in total. The minimum absolute atomic E-state index is 0.348. The monoisotopic (exact) mass is 315 g/mol. The summed E-state index contributed by atoms with van der Waals surface area (Å²) in [4.78, 5) is 19.3. The Morgan fingerprint density at radius 3 is 2.82 bits per heavy atom. The lowest BCUT2D eigenvalue weighted by Gasteiger charge is -2.02. The molecule has 2 heterocycles. The number of fused-ring (bicyclic) bond motifs is 1. The lowest BCUT2D eigenvalue weighted by Crippen LogP contribution is -2.04. The van der Waals surface area contributed by atoms with E-state index >= 15 is 0 Å². The molecule has 0 saturated carbocycles. The van der Waals surface area contributed by atoms with Crippen LogP contribution in [0, 0.1) is 0 Å². The van der Waals surface area contributed by atoms with Gasteiger partial charge in [-0.05, 0) is 18.6 Å². The number of rotatable bonds is 5. The van der Waals surface area contributed by atoms with Gasteiger partial charge in [0.1, 0.15) is 5.69 Å². The molecular weight excluding hydrogens is 298 g/mol. The van der Waals surface area contributed by atoms with Crippen molar-refractivity contribution in [2.45, 2.75) is 17.8 Å². The fourth-order valence-electron chi connectivity index (χ4n) is 2.22. The summed E-state index contributed by atoms with van der Waals surface area (Å²) in [5.41, 5.74) is 3.31. The number of aromatic amines is 1. The van der Waals surface area contributed by atoms with E-state index in [0.717, 1.165) is 16.4 Å². The number of nitrogens with zero attached hydrogens (tertiary/aromatic N) is 2. The van der Waals surface area contributed by atoms with E-state index in [-0.39, 0.29) is 5.97 Å². The van der Waals surface area contributed by atoms with Crippen molar-refractivity contribution in [2.75, 3.05) is 6.61 Å². The van der Waals surface area contributed by atoms with Gasteiger partial charge < -0.3 is 14.3 Å². The molecule has 0 spiro atoms. The molecule has 6 heteroatoms. The summed E-state index contributed by atoms with van der Waals surface area (Å²) >= 11 is 1.67. The zero-order chi connectivity index (χ0) is 15.5. The van der Waals surface area contributed by atoms with Crippen LogP contribution in [0.5, 0.6) is 0 Å². The number of thioether (sulfide) groups is 1. The Bertz CT molecular complexity index is 792. The molecule has 3 rings (SSSR count). The molecule has 5 nitrogen and oxygen atoms in total. The van der Waals surface area contributed by atoms with Gasteiger partial charge in [-0.15, -0.1) is 0 Å². The molecule has 0 aliphatic carbocycles. The second kappa shape index (κ2) is 6.27. The quantitative estimate of drug-likeness (QED) is 0.579. The highest BCUT2D eigenvalue weighted by Crippen LogP contribution is 2.26. The predicted octanol–water partition coefficient (Wildman–Crippen LogP) is 3.37. The van der Waals surface area contributed by atoms with Crippen molar-refractivity contribution in [3.8, 4) is 0 Å². The Balaban J connectivity index is 1.79. The van der Waals surface area contributed by atoms with E-state index in [9.17, 15) is 4.79 Å². The zero-order valence-corrected chi connectivity index (χ0v) is 13.3. The summed E-state index contributed by atoms with van der Waals surface area (Å²) in [5.74, 6) is 0.512. The fourth-order valence-corrected chi connectivity index (χ4v) is 3.15. The highest BCUT2D eigenvalue weighted by molar-refractivity contribution is 7.98. The molecule has 0 radical (unpaired) electrons. The first-order valence-corrected chi connectivity index (χ1v) is 8.07. The molecule has 3 aromatic rings. The van der Waals surface area contributed by atoms with Crippen molar-refractivity contribution >= 4 is 28.9 Å². The molecule has 0 amide bonds. The Morgan fingerprint density at radius 1 is 1.36 bits per heavy atom. The van der Waals surface area contributed by atoms with Crippen LogP contribution in [-0.4, -0.2) is 27.1 Å². The van der Waals surface area contributed by atoms with Crippen molar-refractivity contribution in [3.05, 3.63) is 47.7 Å². The molecular formula is C16H17N3O2S. The van der Waals surface area contributed by atoms with Crippen molar-refractivity contribution < 1.29 is 9.53 Å². The molecule has 0 saturated heterocycles. The van der Waals surface area contributed by atoms with Crippen LogP contribution in [0.15, 0.2) is 41.6 Å². The normalized spacial score (nSPS) is 11.0. The van der Waals surface area contributed by atoms with Gasteiger partial charge in [-0.3, -0.25) is 0 Å². The molecule has 0 atom stereocenters. The van der Waals surface area contributed by atoms with Crippen LogP contribution in [-0.2, 0) is 17.5 Å². The van der Waals surface area contributed by atoms with Gasteiger partial charge in [0.25, 0.3) is 0 Å².